The number of carbonyl (C=O) groups is 1. The molecule has 0 aliphatic rings. The van der Waals surface area contributed by atoms with Gasteiger partial charge in [-0.3, -0.25) is 4.79 Å². The number of benzene rings is 2. The van der Waals surface area contributed by atoms with E-state index in [0.29, 0.717) is 0 Å². The van der Waals surface area contributed by atoms with Gasteiger partial charge in [0.15, 0.2) is 17.4 Å². The number of halogens is 2. The summed E-state index contributed by atoms with van der Waals surface area (Å²) in [6.07, 6.45) is -0.775. The van der Waals surface area contributed by atoms with E-state index in [1.165, 1.54) is 7.11 Å². The Hall–Kier alpha value is -2.47. The second kappa shape index (κ2) is 7.69. The van der Waals surface area contributed by atoms with Crippen LogP contribution in [0, 0.1) is 11.6 Å². The van der Waals surface area contributed by atoms with Gasteiger partial charge >= 0.3 is 0 Å². The molecule has 0 heterocycles. The fourth-order valence-corrected chi connectivity index (χ4v) is 1.94. The summed E-state index contributed by atoms with van der Waals surface area (Å²) >= 11 is 0. The van der Waals surface area contributed by atoms with E-state index in [0.717, 1.165) is 17.7 Å². The molecule has 6 heteroatoms. The van der Waals surface area contributed by atoms with Crippen molar-refractivity contribution in [2.24, 2.45) is 0 Å². The number of hydrogen-bond donors (Lipinski definition) is 1. The third-order valence-corrected chi connectivity index (χ3v) is 3.18. The molecule has 0 saturated heterocycles. The summed E-state index contributed by atoms with van der Waals surface area (Å²) in [7, 11) is 1.17. The quantitative estimate of drug-likeness (QED) is 0.885. The Morgan fingerprint density at radius 3 is 2.35 bits per heavy atom. The SMILES string of the molecule is COc1c(F)cc(NC(=O)C(C)OCc2ccccc2)cc1F. The van der Waals surface area contributed by atoms with Gasteiger partial charge in [-0.1, -0.05) is 30.3 Å². The highest BCUT2D eigenvalue weighted by Crippen LogP contribution is 2.25. The van der Waals surface area contributed by atoms with Crippen LogP contribution in [0.15, 0.2) is 42.5 Å². The summed E-state index contributed by atoms with van der Waals surface area (Å²) in [5.74, 6) is -2.76. The minimum Gasteiger partial charge on any atom is -0.491 e. The normalized spacial score (nSPS) is 11.8. The molecule has 0 bridgehead atoms. The van der Waals surface area contributed by atoms with Crippen LogP contribution in [0.5, 0.6) is 5.75 Å². The molecule has 0 saturated carbocycles. The standard InChI is InChI=1S/C17H17F2NO3/c1-11(23-10-12-6-4-3-5-7-12)17(21)20-13-8-14(18)16(22-2)15(19)9-13/h3-9,11H,10H2,1-2H3,(H,20,21). The zero-order chi connectivity index (χ0) is 16.8. The lowest BCUT2D eigenvalue weighted by Crippen LogP contribution is -2.27. The number of methoxy groups -OCH3 is 1. The number of anilines is 1. The molecular weight excluding hydrogens is 304 g/mol. The lowest BCUT2D eigenvalue weighted by atomic mass is 10.2. The Morgan fingerprint density at radius 2 is 1.78 bits per heavy atom. The maximum Gasteiger partial charge on any atom is 0.253 e. The Bertz CT molecular complexity index is 654. The molecular formula is C17H17F2NO3. The number of hydrogen-bond acceptors (Lipinski definition) is 3. The average molecular weight is 321 g/mol. The third-order valence-electron chi connectivity index (χ3n) is 3.18. The van der Waals surface area contributed by atoms with E-state index in [4.69, 9.17) is 4.74 Å². The first-order valence-corrected chi connectivity index (χ1v) is 7.00. The van der Waals surface area contributed by atoms with E-state index in [9.17, 15) is 13.6 Å². The first-order valence-electron chi connectivity index (χ1n) is 7.00. The molecule has 2 aromatic rings. The molecule has 0 fully saturated rings. The minimum absolute atomic E-state index is 0.000890. The molecule has 1 amide bonds. The third kappa shape index (κ3) is 4.50. The molecule has 1 N–H and O–H groups in total. The number of rotatable bonds is 6. The van der Waals surface area contributed by atoms with Crippen molar-refractivity contribution in [3.8, 4) is 5.75 Å². The van der Waals surface area contributed by atoms with Crippen LogP contribution in [-0.4, -0.2) is 19.1 Å². The molecule has 1 atom stereocenters. The molecule has 0 radical (unpaired) electrons. The van der Waals surface area contributed by atoms with Gasteiger partial charge < -0.3 is 14.8 Å². The predicted octanol–water partition coefficient (Wildman–Crippen LogP) is 3.52. The van der Waals surface area contributed by atoms with E-state index in [1.807, 2.05) is 30.3 Å². The van der Waals surface area contributed by atoms with Crippen LogP contribution in [-0.2, 0) is 16.1 Å². The number of carbonyl (C=O) groups excluding carboxylic acids is 1. The molecule has 4 nitrogen and oxygen atoms in total. The summed E-state index contributed by atoms with van der Waals surface area (Å²) in [6, 6.07) is 11.3. The van der Waals surface area contributed by atoms with Crippen LogP contribution in [0.25, 0.3) is 0 Å². The Morgan fingerprint density at radius 1 is 1.17 bits per heavy atom. The summed E-state index contributed by atoms with van der Waals surface area (Å²) in [4.78, 5) is 12.0. The number of amides is 1. The molecule has 23 heavy (non-hydrogen) atoms. The summed E-state index contributed by atoms with van der Waals surface area (Å²) < 4.78 is 37.2. The van der Waals surface area contributed by atoms with E-state index >= 15 is 0 Å². The summed E-state index contributed by atoms with van der Waals surface area (Å²) in [5.41, 5.74) is 0.926. The largest absolute Gasteiger partial charge is 0.491 e. The van der Waals surface area contributed by atoms with Crippen LogP contribution in [0.4, 0.5) is 14.5 Å². The van der Waals surface area contributed by atoms with Crippen molar-refractivity contribution >= 4 is 11.6 Å². The molecule has 0 aromatic heterocycles. The van der Waals surface area contributed by atoms with Crippen LogP contribution in [0.2, 0.25) is 0 Å². The first-order chi connectivity index (χ1) is 11.0. The van der Waals surface area contributed by atoms with E-state index in [-0.39, 0.29) is 12.3 Å². The number of ether oxygens (including phenoxy) is 2. The average Bonchev–Trinajstić information content (AvgIpc) is 2.53. The number of nitrogens with one attached hydrogen (secondary N) is 1. The highest BCUT2D eigenvalue weighted by molar-refractivity contribution is 5.93. The van der Waals surface area contributed by atoms with Crippen molar-refractivity contribution in [3.63, 3.8) is 0 Å². The summed E-state index contributed by atoms with van der Waals surface area (Å²) in [6.45, 7) is 1.83. The van der Waals surface area contributed by atoms with Crippen molar-refractivity contribution in [2.75, 3.05) is 12.4 Å². The van der Waals surface area contributed by atoms with Crippen LogP contribution >= 0.6 is 0 Å². The molecule has 2 aromatic carbocycles. The fourth-order valence-electron chi connectivity index (χ4n) is 1.94. The van der Waals surface area contributed by atoms with Crippen molar-refractivity contribution in [3.05, 3.63) is 59.7 Å². The molecule has 0 aliphatic heterocycles. The van der Waals surface area contributed by atoms with Crippen molar-refractivity contribution < 1.29 is 23.0 Å². The van der Waals surface area contributed by atoms with Crippen molar-refractivity contribution in [1.82, 2.24) is 0 Å². The molecule has 0 aliphatic carbocycles. The van der Waals surface area contributed by atoms with Gasteiger partial charge in [0.05, 0.1) is 13.7 Å². The molecule has 122 valence electrons. The van der Waals surface area contributed by atoms with E-state index < -0.39 is 29.4 Å². The van der Waals surface area contributed by atoms with Gasteiger partial charge in [-0.15, -0.1) is 0 Å². The van der Waals surface area contributed by atoms with Gasteiger partial charge in [-0.05, 0) is 12.5 Å². The molecule has 1 unspecified atom stereocenters. The monoisotopic (exact) mass is 321 g/mol. The van der Waals surface area contributed by atoms with Gasteiger partial charge in [0, 0.05) is 17.8 Å². The Kier molecular flexibility index (Phi) is 5.65. The zero-order valence-corrected chi connectivity index (χ0v) is 12.8. The van der Waals surface area contributed by atoms with E-state index in [2.05, 4.69) is 10.1 Å². The molecule has 0 spiro atoms. The van der Waals surface area contributed by atoms with Gasteiger partial charge in [-0.2, -0.15) is 0 Å². The zero-order valence-electron chi connectivity index (χ0n) is 12.8. The van der Waals surface area contributed by atoms with Gasteiger partial charge in [0.1, 0.15) is 6.10 Å². The predicted molar refractivity (Wildman–Crippen MR) is 82.2 cm³/mol. The van der Waals surface area contributed by atoms with Crippen molar-refractivity contribution in [2.45, 2.75) is 19.6 Å². The Labute approximate surface area is 133 Å². The second-order valence-corrected chi connectivity index (χ2v) is 4.90. The van der Waals surface area contributed by atoms with Crippen molar-refractivity contribution in [1.29, 1.82) is 0 Å². The van der Waals surface area contributed by atoms with Gasteiger partial charge in [0.2, 0.25) is 0 Å². The smallest absolute Gasteiger partial charge is 0.253 e. The van der Waals surface area contributed by atoms with Crippen LogP contribution in [0.1, 0.15) is 12.5 Å². The summed E-state index contributed by atoms with van der Waals surface area (Å²) in [5, 5.41) is 2.41. The van der Waals surface area contributed by atoms with Crippen LogP contribution in [0.3, 0.4) is 0 Å². The van der Waals surface area contributed by atoms with E-state index in [1.54, 1.807) is 6.92 Å². The Balaban J connectivity index is 1.96. The van der Waals surface area contributed by atoms with Gasteiger partial charge in [0.25, 0.3) is 5.91 Å². The topological polar surface area (TPSA) is 47.6 Å². The first kappa shape index (κ1) is 16.9. The fraction of sp³-hybridized carbons (Fsp3) is 0.235. The lowest BCUT2D eigenvalue weighted by Gasteiger charge is -2.14. The second-order valence-electron chi connectivity index (χ2n) is 4.90. The minimum atomic E-state index is -0.888. The van der Waals surface area contributed by atoms with Crippen LogP contribution < -0.4 is 10.1 Å². The highest BCUT2D eigenvalue weighted by Gasteiger charge is 2.17. The maximum atomic E-state index is 13.6. The van der Waals surface area contributed by atoms with Gasteiger partial charge in [-0.25, -0.2) is 8.78 Å². The molecule has 2 rings (SSSR count). The lowest BCUT2D eigenvalue weighted by molar-refractivity contribution is -0.127. The highest BCUT2D eigenvalue weighted by atomic mass is 19.1. The maximum absolute atomic E-state index is 13.6.